The molecule has 2 aliphatic rings. The average molecular weight is 451 g/mol. The average Bonchev–Trinajstić information content (AvgIpc) is 3.24. The highest BCUT2D eigenvalue weighted by Crippen LogP contribution is 2.48. The highest BCUT2D eigenvalue weighted by atomic mass is 16.5. The second-order valence-corrected chi connectivity index (χ2v) is 8.70. The van der Waals surface area contributed by atoms with E-state index in [1.165, 1.54) is 0 Å². The number of nitrogens with zero attached hydrogens (tertiary/aromatic N) is 3. The van der Waals surface area contributed by atoms with Crippen molar-refractivity contribution in [1.29, 1.82) is 5.26 Å². The number of anilines is 1. The first-order valence-electron chi connectivity index (χ1n) is 11.5. The van der Waals surface area contributed by atoms with Crippen LogP contribution in [-0.4, -0.2) is 23.1 Å². The van der Waals surface area contributed by atoms with E-state index in [4.69, 9.17) is 4.74 Å². The number of hydrogen-bond donors (Lipinski definition) is 1. The lowest BCUT2D eigenvalue weighted by molar-refractivity contribution is -0.116. The summed E-state index contributed by atoms with van der Waals surface area (Å²) in [6.07, 6.45) is 2.02. The van der Waals surface area contributed by atoms with Crippen molar-refractivity contribution >= 4 is 11.6 Å². The number of ketones is 1. The number of rotatable bonds is 4. The highest BCUT2D eigenvalue weighted by molar-refractivity contribution is 6.01. The standard InChI is InChI=1S/C28H26N4O2/c1-17-25(19-8-5-4-6-9-19)28(31-30-17)32-18(2)22(16-29)26(20-12-14-21(34-3)15-13-20)27-23(32)10-7-11-24(27)33/h4-6,8-9,12-15,26H,7,10-11H2,1-3H3,(H,30,31). The van der Waals surface area contributed by atoms with Gasteiger partial charge < -0.3 is 4.74 Å². The van der Waals surface area contributed by atoms with Crippen LogP contribution in [0.2, 0.25) is 0 Å². The second-order valence-electron chi connectivity index (χ2n) is 8.70. The number of benzene rings is 2. The quantitative estimate of drug-likeness (QED) is 0.543. The van der Waals surface area contributed by atoms with Gasteiger partial charge >= 0.3 is 0 Å². The van der Waals surface area contributed by atoms with Crippen LogP contribution in [0.5, 0.6) is 5.75 Å². The van der Waals surface area contributed by atoms with Gasteiger partial charge in [0.1, 0.15) is 5.75 Å². The first kappa shape index (κ1) is 21.7. The maximum Gasteiger partial charge on any atom is 0.167 e. The van der Waals surface area contributed by atoms with Crippen LogP contribution in [0.15, 0.2) is 77.1 Å². The lowest BCUT2D eigenvalue weighted by atomic mass is 9.75. The topological polar surface area (TPSA) is 82.0 Å². The van der Waals surface area contributed by atoms with Crippen LogP contribution in [0.4, 0.5) is 5.82 Å². The van der Waals surface area contributed by atoms with Gasteiger partial charge in [0.05, 0.1) is 24.7 Å². The summed E-state index contributed by atoms with van der Waals surface area (Å²) in [7, 11) is 1.62. The van der Waals surface area contributed by atoms with Gasteiger partial charge in [-0.2, -0.15) is 10.4 Å². The zero-order valence-corrected chi connectivity index (χ0v) is 19.6. The Balaban J connectivity index is 1.74. The number of aromatic nitrogens is 2. The van der Waals surface area contributed by atoms with E-state index in [-0.39, 0.29) is 5.78 Å². The zero-order valence-electron chi connectivity index (χ0n) is 19.6. The number of carbonyl (C=O) groups excluding carboxylic acids is 1. The molecule has 6 nitrogen and oxygen atoms in total. The van der Waals surface area contributed by atoms with E-state index in [0.29, 0.717) is 17.6 Å². The largest absolute Gasteiger partial charge is 0.497 e. The maximum absolute atomic E-state index is 13.4. The van der Waals surface area contributed by atoms with Crippen LogP contribution in [0.25, 0.3) is 11.1 Å². The number of carbonyl (C=O) groups is 1. The Hall–Kier alpha value is -4.11. The third-order valence-electron chi connectivity index (χ3n) is 6.77. The normalized spacial score (nSPS) is 18.1. The summed E-state index contributed by atoms with van der Waals surface area (Å²) in [5.74, 6) is 1.17. The molecule has 0 fully saturated rings. The molecule has 0 saturated carbocycles. The summed E-state index contributed by atoms with van der Waals surface area (Å²) in [5, 5.41) is 18.1. The predicted molar refractivity (Wildman–Crippen MR) is 131 cm³/mol. The van der Waals surface area contributed by atoms with Crippen molar-refractivity contribution in [2.45, 2.75) is 39.0 Å². The molecule has 0 amide bonds. The van der Waals surface area contributed by atoms with E-state index in [1.807, 2.05) is 61.2 Å². The molecule has 170 valence electrons. The molecule has 3 aromatic rings. The van der Waals surface area contributed by atoms with E-state index in [9.17, 15) is 10.1 Å². The van der Waals surface area contributed by atoms with Crippen molar-refractivity contribution in [2.75, 3.05) is 12.0 Å². The minimum Gasteiger partial charge on any atom is -0.497 e. The van der Waals surface area contributed by atoms with Gasteiger partial charge in [0.2, 0.25) is 0 Å². The second kappa shape index (κ2) is 8.68. The van der Waals surface area contributed by atoms with Crippen LogP contribution in [0.1, 0.15) is 43.4 Å². The van der Waals surface area contributed by atoms with Crippen LogP contribution in [-0.2, 0) is 4.79 Å². The number of Topliss-reactive ketones (excluding diaryl/α,β-unsaturated/α-hetero) is 1. The van der Waals surface area contributed by atoms with Gasteiger partial charge in [0.25, 0.3) is 0 Å². The van der Waals surface area contributed by atoms with Crippen LogP contribution in [0, 0.1) is 18.3 Å². The van der Waals surface area contributed by atoms with E-state index in [2.05, 4.69) is 28.4 Å². The van der Waals surface area contributed by atoms with Crippen LogP contribution >= 0.6 is 0 Å². The number of nitriles is 1. The molecule has 5 rings (SSSR count). The number of aromatic amines is 1. The molecule has 1 aliphatic heterocycles. The summed E-state index contributed by atoms with van der Waals surface area (Å²) in [6.45, 7) is 3.95. The lowest BCUT2D eigenvalue weighted by Gasteiger charge is -2.39. The molecular formula is C28H26N4O2. The fourth-order valence-electron chi connectivity index (χ4n) is 5.17. The third-order valence-corrected chi connectivity index (χ3v) is 6.77. The Morgan fingerprint density at radius 1 is 1.09 bits per heavy atom. The van der Waals surface area contributed by atoms with Gasteiger partial charge in [-0.15, -0.1) is 0 Å². The van der Waals surface area contributed by atoms with E-state index in [1.54, 1.807) is 7.11 Å². The summed E-state index contributed by atoms with van der Waals surface area (Å²) in [4.78, 5) is 15.4. The molecule has 1 atom stereocenters. The van der Waals surface area contributed by atoms with Gasteiger partial charge in [0.15, 0.2) is 11.6 Å². The molecule has 34 heavy (non-hydrogen) atoms. The number of methoxy groups -OCH3 is 1. The van der Waals surface area contributed by atoms with Gasteiger partial charge in [-0.05, 0) is 49.9 Å². The molecular weight excluding hydrogens is 424 g/mol. The molecule has 1 aromatic heterocycles. The van der Waals surface area contributed by atoms with Crippen LogP contribution in [0.3, 0.4) is 0 Å². The SMILES string of the molecule is COc1ccc(C2C(C#N)=C(C)N(c3n[nH]c(C)c3-c3ccccc3)C3=C2C(=O)CCC3)cc1. The minimum absolute atomic E-state index is 0.0980. The molecule has 0 radical (unpaired) electrons. The van der Waals surface area contributed by atoms with E-state index in [0.717, 1.165) is 58.2 Å². The summed E-state index contributed by atoms with van der Waals surface area (Å²) in [5.41, 5.74) is 6.89. The lowest BCUT2D eigenvalue weighted by Crippen LogP contribution is -2.35. The molecule has 1 unspecified atom stereocenters. The number of ether oxygens (including phenoxy) is 1. The number of aryl methyl sites for hydroxylation is 1. The van der Waals surface area contributed by atoms with Gasteiger partial charge in [0, 0.05) is 34.6 Å². The first-order valence-corrected chi connectivity index (χ1v) is 11.5. The van der Waals surface area contributed by atoms with Gasteiger partial charge in [-0.1, -0.05) is 42.5 Å². The monoisotopic (exact) mass is 450 g/mol. The number of hydrogen-bond acceptors (Lipinski definition) is 5. The van der Waals surface area contributed by atoms with Crippen molar-refractivity contribution in [1.82, 2.24) is 10.2 Å². The fraction of sp³-hybridized carbons (Fsp3) is 0.250. The number of nitrogens with one attached hydrogen (secondary N) is 1. The Morgan fingerprint density at radius 3 is 2.50 bits per heavy atom. The van der Waals surface area contributed by atoms with Crippen molar-refractivity contribution in [3.05, 3.63) is 88.4 Å². The predicted octanol–water partition coefficient (Wildman–Crippen LogP) is 5.80. The number of H-pyrrole nitrogens is 1. The van der Waals surface area contributed by atoms with Crippen molar-refractivity contribution < 1.29 is 9.53 Å². The smallest absolute Gasteiger partial charge is 0.167 e. The fourth-order valence-corrected chi connectivity index (χ4v) is 5.17. The molecule has 0 bridgehead atoms. The Labute approximate surface area is 199 Å². The molecule has 0 spiro atoms. The highest BCUT2D eigenvalue weighted by Gasteiger charge is 2.41. The molecule has 6 heteroatoms. The first-order chi connectivity index (χ1) is 16.5. The van der Waals surface area contributed by atoms with Crippen LogP contribution < -0.4 is 9.64 Å². The van der Waals surface area contributed by atoms with Gasteiger partial charge in [-0.25, -0.2) is 0 Å². The van der Waals surface area contributed by atoms with Crippen molar-refractivity contribution in [3.8, 4) is 22.9 Å². The molecule has 2 aromatic carbocycles. The molecule has 1 N–H and O–H groups in total. The Morgan fingerprint density at radius 2 is 1.82 bits per heavy atom. The molecule has 0 saturated heterocycles. The zero-order chi connectivity index (χ0) is 23.8. The van der Waals surface area contributed by atoms with E-state index >= 15 is 0 Å². The number of allylic oxidation sites excluding steroid dienone is 4. The maximum atomic E-state index is 13.4. The third kappa shape index (κ3) is 3.41. The van der Waals surface area contributed by atoms with Crippen molar-refractivity contribution in [3.63, 3.8) is 0 Å². The summed E-state index contributed by atoms with van der Waals surface area (Å²) < 4.78 is 5.32. The Kier molecular flexibility index (Phi) is 5.54. The van der Waals surface area contributed by atoms with Crippen molar-refractivity contribution in [2.24, 2.45) is 0 Å². The minimum atomic E-state index is -0.393. The molecule has 2 heterocycles. The van der Waals surface area contributed by atoms with Gasteiger partial charge in [-0.3, -0.25) is 14.8 Å². The summed E-state index contributed by atoms with van der Waals surface area (Å²) in [6, 6.07) is 20.2. The Bertz CT molecular complexity index is 1360. The summed E-state index contributed by atoms with van der Waals surface area (Å²) >= 11 is 0. The molecule has 1 aliphatic carbocycles. The van der Waals surface area contributed by atoms with E-state index < -0.39 is 5.92 Å².